The maximum Gasteiger partial charge on any atom is 0.00684 e. The second-order valence-corrected chi connectivity index (χ2v) is 8.35. The van der Waals surface area contributed by atoms with E-state index in [2.05, 4.69) is 24.2 Å². The van der Waals surface area contributed by atoms with Crippen molar-refractivity contribution in [1.82, 2.24) is 10.2 Å². The van der Waals surface area contributed by atoms with Crippen LogP contribution in [0.2, 0.25) is 0 Å². The molecule has 3 aliphatic rings. The van der Waals surface area contributed by atoms with Gasteiger partial charge in [0.25, 0.3) is 0 Å². The van der Waals surface area contributed by atoms with E-state index in [-0.39, 0.29) is 0 Å². The highest BCUT2D eigenvalue weighted by Gasteiger charge is 2.37. The lowest BCUT2D eigenvalue weighted by Crippen LogP contribution is -2.47. The van der Waals surface area contributed by atoms with Crippen molar-refractivity contribution in [3.05, 3.63) is 0 Å². The van der Waals surface area contributed by atoms with Gasteiger partial charge in [0.1, 0.15) is 0 Å². The molecule has 0 saturated heterocycles. The fraction of sp³-hybridized carbons (Fsp3) is 1.00. The monoisotopic (exact) mass is 278 g/mol. The first-order valence-electron chi connectivity index (χ1n) is 9.07. The average Bonchev–Trinajstić information content (AvgIpc) is 3.16. The molecule has 0 amide bonds. The van der Waals surface area contributed by atoms with Crippen LogP contribution in [0.5, 0.6) is 0 Å². The van der Waals surface area contributed by atoms with Gasteiger partial charge in [0.15, 0.2) is 0 Å². The molecule has 0 aliphatic heterocycles. The van der Waals surface area contributed by atoms with Crippen LogP contribution in [0.25, 0.3) is 0 Å². The molecule has 2 heteroatoms. The van der Waals surface area contributed by atoms with E-state index in [1.807, 2.05) is 0 Å². The Hall–Kier alpha value is -0.0800. The Morgan fingerprint density at radius 1 is 1.10 bits per heavy atom. The van der Waals surface area contributed by atoms with Crippen molar-refractivity contribution in [2.75, 3.05) is 26.7 Å². The summed E-state index contributed by atoms with van der Waals surface area (Å²) in [6.45, 7) is 6.42. The summed E-state index contributed by atoms with van der Waals surface area (Å²) in [5.41, 5.74) is 0.568. The Morgan fingerprint density at radius 3 is 2.50 bits per heavy atom. The van der Waals surface area contributed by atoms with Gasteiger partial charge in [0.05, 0.1) is 0 Å². The smallest absolute Gasteiger partial charge is 0.00684 e. The predicted octanol–water partition coefficient (Wildman–Crippen LogP) is 3.67. The van der Waals surface area contributed by atoms with Crippen LogP contribution in [0.15, 0.2) is 0 Å². The Morgan fingerprint density at radius 2 is 1.90 bits per heavy atom. The number of hydrogen-bond donors (Lipinski definition) is 1. The van der Waals surface area contributed by atoms with Gasteiger partial charge in [-0.25, -0.2) is 0 Å². The molecule has 0 aromatic heterocycles. The largest absolute Gasteiger partial charge is 0.313 e. The summed E-state index contributed by atoms with van der Waals surface area (Å²) in [5, 5.41) is 3.85. The molecule has 2 unspecified atom stereocenters. The fourth-order valence-electron chi connectivity index (χ4n) is 4.53. The zero-order chi connectivity index (χ0) is 14.0. The highest BCUT2D eigenvalue weighted by Crippen LogP contribution is 2.40. The minimum Gasteiger partial charge on any atom is -0.313 e. The Labute approximate surface area is 125 Å². The second kappa shape index (κ2) is 6.36. The van der Waals surface area contributed by atoms with Crippen LogP contribution in [0, 0.1) is 17.3 Å². The van der Waals surface area contributed by atoms with Crippen LogP contribution in [-0.2, 0) is 0 Å². The Balaban J connectivity index is 1.54. The maximum atomic E-state index is 3.85. The minimum atomic E-state index is 0.568. The van der Waals surface area contributed by atoms with Crippen molar-refractivity contribution in [3.63, 3.8) is 0 Å². The fourth-order valence-corrected chi connectivity index (χ4v) is 4.53. The Bertz CT molecular complexity index is 309. The van der Waals surface area contributed by atoms with Gasteiger partial charge < -0.3 is 10.2 Å². The molecule has 116 valence electrons. The van der Waals surface area contributed by atoms with E-state index in [0.717, 1.165) is 17.9 Å². The van der Waals surface area contributed by atoms with Crippen LogP contribution >= 0.6 is 0 Å². The molecule has 0 spiro atoms. The minimum absolute atomic E-state index is 0.568. The molecular formula is C18H34N2. The third-order valence-corrected chi connectivity index (χ3v) is 5.93. The van der Waals surface area contributed by atoms with Gasteiger partial charge in [0.2, 0.25) is 0 Å². The van der Waals surface area contributed by atoms with E-state index < -0.39 is 0 Å². The third-order valence-electron chi connectivity index (χ3n) is 5.93. The first-order chi connectivity index (χ1) is 9.65. The molecule has 2 atom stereocenters. The van der Waals surface area contributed by atoms with Crippen molar-refractivity contribution in [2.45, 2.75) is 70.8 Å². The summed E-state index contributed by atoms with van der Waals surface area (Å²) in [6.07, 6.45) is 13.1. The molecule has 20 heavy (non-hydrogen) atoms. The summed E-state index contributed by atoms with van der Waals surface area (Å²) >= 11 is 0. The number of hydrogen-bond acceptors (Lipinski definition) is 2. The van der Waals surface area contributed by atoms with Gasteiger partial charge in [-0.3, -0.25) is 0 Å². The van der Waals surface area contributed by atoms with Crippen molar-refractivity contribution in [3.8, 4) is 0 Å². The summed E-state index contributed by atoms with van der Waals surface area (Å²) in [5.74, 6) is 1.94. The van der Waals surface area contributed by atoms with E-state index in [1.54, 1.807) is 0 Å². The molecule has 3 aliphatic carbocycles. The summed E-state index contributed by atoms with van der Waals surface area (Å²) in [6, 6.07) is 0.862. The van der Waals surface area contributed by atoms with Crippen molar-refractivity contribution < 1.29 is 0 Å². The molecule has 1 N–H and O–H groups in total. The first-order valence-corrected chi connectivity index (χ1v) is 9.07. The molecule has 0 bridgehead atoms. The standard InChI is InChI=1S/C18H34N2/c1-15-5-4-10-18(11-15,13-19-17-8-9-17)14-20(2)12-16-6-3-7-16/h15-17,19H,3-14H2,1-2H3. The van der Waals surface area contributed by atoms with E-state index >= 15 is 0 Å². The maximum absolute atomic E-state index is 3.85. The lowest BCUT2D eigenvalue weighted by molar-refractivity contribution is 0.0763. The summed E-state index contributed by atoms with van der Waals surface area (Å²) < 4.78 is 0. The van der Waals surface area contributed by atoms with Crippen molar-refractivity contribution in [1.29, 1.82) is 0 Å². The van der Waals surface area contributed by atoms with E-state index in [0.29, 0.717) is 5.41 Å². The highest BCUT2D eigenvalue weighted by atomic mass is 15.1. The zero-order valence-corrected chi connectivity index (χ0v) is 13.7. The molecule has 0 aromatic carbocycles. The first kappa shape index (κ1) is 14.8. The van der Waals surface area contributed by atoms with Crippen LogP contribution in [0.4, 0.5) is 0 Å². The van der Waals surface area contributed by atoms with Gasteiger partial charge in [0, 0.05) is 25.7 Å². The number of nitrogens with one attached hydrogen (secondary N) is 1. The zero-order valence-electron chi connectivity index (χ0n) is 13.7. The van der Waals surface area contributed by atoms with Crippen molar-refractivity contribution >= 4 is 0 Å². The highest BCUT2D eigenvalue weighted by molar-refractivity contribution is 4.93. The second-order valence-electron chi connectivity index (χ2n) is 8.35. The molecule has 0 radical (unpaired) electrons. The van der Waals surface area contributed by atoms with Crippen molar-refractivity contribution in [2.24, 2.45) is 17.3 Å². The van der Waals surface area contributed by atoms with Crippen LogP contribution < -0.4 is 5.32 Å². The molecule has 0 heterocycles. The summed E-state index contributed by atoms with van der Waals surface area (Å²) in [4.78, 5) is 2.66. The lowest BCUT2D eigenvalue weighted by atomic mass is 9.69. The van der Waals surface area contributed by atoms with Crippen LogP contribution in [0.3, 0.4) is 0 Å². The topological polar surface area (TPSA) is 15.3 Å². The summed E-state index contributed by atoms with van der Waals surface area (Å²) in [7, 11) is 2.37. The quantitative estimate of drug-likeness (QED) is 0.764. The Kier molecular flexibility index (Phi) is 4.72. The van der Waals surface area contributed by atoms with Gasteiger partial charge in [-0.05, 0) is 62.8 Å². The number of nitrogens with zero attached hydrogens (tertiary/aromatic N) is 1. The lowest BCUT2D eigenvalue weighted by Gasteiger charge is -2.44. The molecule has 2 nitrogen and oxygen atoms in total. The molecule has 3 fully saturated rings. The molecule has 0 aromatic rings. The van der Waals surface area contributed by atoms with Gasteiger partial charge in [-0.2, -0.15) is 0 Å². The molecule has 3 rings (SSSR count). The van der Waals surface area contributed by atoms with E-state index in [4.69, 9.17) is 0 Å². The SMILES string of the molecule is CC1CCCC(CNC2CC2)(CN(C)CC2CCC2)C1. The predicted molar refractivity (Wildman–Crippen MR) is 85.9 cm³/mol. The number of rotatable bonds is 7. The average molecular weight is 278 g/mol. The van der Waals surface area contributed by atoms with E-state index in [9.17, 15) is 0 Å². The van der Waals surface area contributed by atoms with Crippen LogP contribution in [0.1, 0.15) is 64.7 Å². The molecule has 3 saturated carbocycles. The third kappa shape index (κ3) is 3.98. The normalized spacial score (nSPS) is 35.2. The van der Waals surface area contributed by atoms with Gasteiger partial charge in [-0.1, -0.05) is 26.2 Å². The van der Waals surface area contributed by atoms with E-state index in [1.165, 1.54) is 77.4 Å². The van der Waals surface area contributed by atoms with Crippen LogP contribution in [-0.4, -0.2) is 37.6 Å². The molecular weight excluding hydrogens is 244 g/mol. The van der Waals surface area contributed by atoms with Gasteiger partial charge >= 0.3 is 0 Å². The van der Waals surface area contributed by atoms with Gasteiger partial charge in [-0.15, -0.1) is 0 Å².